The Bertz CT molecular complexity index is 814. The van der Waals surface area contributed by atoms with Gasteiger partial charge < -0.3 is 14.4 Å². The van der Waals surface area contributed by atoms with Crippen molar-refractivity contribution >= 4 is 15.9 Å². The minimum absolute atomic E-state index is 0.134. The van der Waals surface area contributed by atoms with E-state index in [1.807, 2.05) is 4.90 Å². The van der Waals surface area contributed by atoms with Crippen molar-refractivity contribution < 1.29 is 22.7 Å². The number of carbonyl (C=O) groups excluding carboxylic acids is 1. The average Bonchev–Trinajstić information content (AvgIpc) is 3.62. The lowest BCUT2D eigenvalue weighted by atomic mass is 9.91. The molecule has 0 radical (unpaired) electrons. The number of nitrogens with zero attached hydrogens (tertiary/aromatic N) is 2. The largest absolute Gasteiger partial charge is 0.478 e. The molecule has 160 valence electrons. The number of aromatic nitrogens is 1. The molecule has 29 heavy (non-hydrogen) atoms. The highest BCUT2D eigenvalue weighted by Crippen LogP contribution is 2.49. The maximum absolute atomic E-state index is 12.1. The van der Waals surface area contributed by atoms with Crippen molar-refractivity contribution in [3.63, 3.8) is 0 Å². The monoisotopic (exact) mass is 422 g/mol. The number of likely N-dealkylation sites (tertiary alicyclic amines) is 1. The zero-order valence-electron chi connectivity index (χ0n) is 17.0. The summed E-state index contributed by atoms with van der Waals surface area (Å²) in [6, 6.07) is 3.14. The van der Waals surface area contributed by atoms with E-state index in [0.717, 1.165) is 38.3 Å². The second-order valence-electron chi connectivity index (χ2n) is 8.75. The molecule has 1 saturated heterocycles. The van der Waals surface area contributed by atoms with Crippen LogP contribution in [-0.4, -0.2) is 57.0 Å². The molecule has 2 aliphatic carbocycles. The minimum atomic E-state index is -3.23. The van der Waals surface area contributed by atoms with Crippen LogP contribution in [0.4, 0.5) is 4.79 Å². The molecule has 1 aliphatic heterocycles. The van der Waals surface area contributed by atoms with Crippen LogP contribution in [0.15, 0.2) is 23.2 Å². The lowest BCUT2D eigenvalue weighted by molar-refractivity contribution is 0.0814. The lowest BCUT2D eigenvalue weighted by Gasteiger charge is -2.31. The molecule has 1 aromatic heterocycles. The van der Waals surface area contributed by atoms with E-state index in [1.54, 1.807) is 6.07 Å². The second-order valence-corrected chi connectivity index (χ2v) is 10.8. The predicted octanol–water partition coefficient (Wildman–Crippen LogP) is 3.15. The molecule has 1 aromatic rings. The van der Waals surface area contributed by atoms with Crippen molar-refractivity contribution in [2.24, 2.45) is 23.7 Å². The smallest absolute Gasteiger partial charge is 0.409 e. The third-order valence-corrected chi connectivity index (χ3v) is 7.49. The Kier molecular flexibility index (Phi) is 5.99. The van der Waals surface area contributed by atoms with E-state index in [9.17, 15) is 13.2 Å². The summed E-state index contributed by atoms with van der Waals surface area (Å²) in [5.41, 5.74) is 0. The number of pyridine rings is 1. The maximum atomic E-state index is 12.1. The summed E-state index contributed by atoms with van der Waals surface area (Å²) in [6.07, 6.45) is 9.13. The van der Waals surface area contributed by atoms with Gasteiger partial charge >= 0.3 is 6.09 Å². The van der Waals surface area contributed by atoms with Crippen LogP contribution in [0.3, 0.4) is 0 Å². The first-order valence-corrected chi connectivity index (χ1v) is 12.5. The first-order chi connectivity index (χ1) is 13.9. The minimum Gasteiger partial charge on any atom is -0.478 e. The van der Waals surface area contributed by atoms with Crippen LogP contribution < -0.4 is 4.74 Å². The van der Waals surface area contributed by atoms with Crippen molar-refractivity contribution in [1.82, 2.24) is 9.88 Å². The Morgan fingerprint density at radius 3 is 2.59 bits per heavy atom. The number of hydrogen-bond donors (Lipinski definition) is 0. The fraction of sp³-hybridized carbons (Fsp3) is 0.714. The molecule has 0 aromatic carbocycles. The van der Waals surface area contributed by atoms with Crippen LogP contribution in [0.2, 0.25) is 0 Å². The van der Waals surface area contributed by atoms with Gasteiger partial charge in [0.1, 0.15) is 0 Å². The molecular formula is C21H30N2O5S. The summed E-state index contributed by atoms with van der Waals surface area (Å²) in [4.78, 5) is 18.2. The van der Waals surface area contributed by atoms with Gasteiger partial charge in [0.05, 0.1) is 18.1 Å². The highest BCUT2D eigenvalue weighted by molar-refractivity contribution is 7.90. The number of rotatable bonds is 8. The zero-order valence-corrected chi connectivity index (χ0v) is 17.8. The van der Waals surface area contributed by atoms with Crippen LogP contribution in [0.5, 0.6) is 5.88 Å². The van der Waals surface area contributed by atoms with Crippen molar-refractivity contribution in [2.45, 2.75) is 43.4 Å². The van der Waals surface area contributed by atoms with Crippen molar-refractivity contribution in [2.75, 3.05) is 32.6 Å². The van der Waals surface area contributed by atoms with Crippen molar-refractivity contribution in [1.29, 1.82) is 0 Å². The fourth-order valence-corrected chi connectivity index (χ4v) is 4.80. The van der Waals surface area contributed by atoms with Crippen molar-refractivity contribution in [3.8, 4) is 5.88 Å². The van der Waals surface area contributed by atoms with Gasteiger partial charge in [-0.1, -0.05) is 0 Å². The summed E-state index contributed by atoms with van der Waals surface area (Å²) in [6.45, 7) is 2.81. The number of carbonyl (C=O) groups is 1. The van der Waals surface area contributed by atoms with E-state index in [1.165, 1.54) is 37.8 Å². The summed E-state index contributed by atoms with van der Waals surface area (Å²) < 4.78 is 34.0. The zero-order chi connectivity index (χ0) is 20.4. The number of sulfone groups is 1. The summed E-state index contributed by atoms with van der Waals surface area (Å²) in [7, 11) is -3.23. The highest BCUT2D eigenvalue weighted by atomic mass is 32.2. The first kappa shape index (κ1) is 20.4. The summed E-state index contributed by atoms with van der Waals surface area (Å²) in [5, 5.41) is 0. The molecule has 0 spiro atoms. The number of piperidine rings is 1. The molecule has 3 fully saturated rings. The average molecular weight is 423 g/mol. The third kappa shape index (κ3) is 5.62. The molecule has 2 heterocycles. The van der Waals surface area contributed by atoms with E-state index >= 15 is 0 Å². The van der Waals surface area contributed by atoms with Gasteiger partial charge in [0.15, 0.2) is 9.84 Å². The predicted molar refractivity (Wildman–Crippen MR) is 107 cm³/mol. The summed E-state index contributed by atoms with van der Waals surface area (Å²) in [5.74, 6) is 3.19. The van der Waals surface area contributed by atoms with Gasteiger partial charge in [-0.3, -0.25) is 0 Å². The second kappa shape index (κ2) is 8.50. The van der Waals surface area contributed by atoms with E-state index < -0.39 is 9.84 Å². The molecule has 1 amide bonds. The van der Waals surface area contributed by atoms with Gasteiger partial charge in [0.25, 0.3) is 0 Å². The van der Waals surface area contributed by atoms with Crippen molar-refractivity contribution in [3.05, 3.63) is 18.3 Å². The Balaban J connectivity index is 1.12. The third-order valence-electron chi connectivity index (χ3n) is 6.40. The molecule has 2 atom stereocenters. The van der Waals surface area contributed by atoms with Gasteiger partial charge in [-0.15, -0.1) is 0 Å². The molecule has 4 rings (SSSR count). The maximum Gasteiger partial charge on any atom is 0.409 e. The lowest BCUT2D eigenvalue weighted by Crippen LogP contribution is -2.39. The van der Waals surface area contributed by atoms with Gasteiger partial charge in [-0.25, -0.2) is 18.2 Å². The molecule has 8 heteroatoms. The molecule has 7 nitrogen and oxygen atoms in total. The Labute approximate surface area is 172 Å². The van der Waals surface area contributed by atoms with Gasteiger partial charge in [0.2, 0.25) is 5.88 Å². The summed E-state index contributed by atoms with van der Waals surface area (Å²) >= 11 is 0. The van der Waals surface area contributed by atoms with Gasteiger partial charge in [0, 0.05) is 31.6 Å². The first-order valence-electron chi connectivity index (χ1n) is 10.6. The molecule has 2 unspecified atom stereocenters. The molecular weight excluding hydrogens is 392 g/mol. The van der Waals surface area contributed by atoms with E-state index in [0.29, 0.717) is 36.8 Å². The SMILES string of the molecule is CS(=O)(=O)c1ccc(OCCC2CC2C2CCN(C(=O)OCC3CC3)CC2)nc1. The number of hydrogen-bond acceptors (Lipinski definition) is 6. The Morgan fingerprint density at radius 2 is 1.97 bits per heavy atom. The highest BCUT2D eigenvalue weighted by Gasteiger charge is 2.43. The fourth-order valence-electron chi connectivity index (χ4n) is 4.24. The van der Waals surface area contributed by atoms with Gasteiger partial charge in [-0.2, -0.15) is 0 Å². The van der Waals surface area contributed by atoms with Crippen LogP contribution in [0.1, 0.15) is 38.5 Å². The number of ether oxygens (including phenoxy) is 2. The van der Waals surface area contributed by atoms with E-state index in [2.05, 4.69) is 4.98 Å². The normalized spacial score (nSPS) is 24.9. The molecule has 3 aliphatic rings. The van der Waals surface area contributed by atoms with E-state index in [4.69, 9.17) is 9.47 Å². The Hall–Kier alpha value is -1.83. The quantitative estimate of drug-likeness (QED) is 0.640. The number of amides is 1. The van der Waals surface area contributed by atoms with Crippen LogP contribution in [-0.2, 0) is 14.6 Å². The molecule has 0 bridgehead atoms. The van der Waals surface area contributed by atoms with Crippen LogP contribution in [0.25, 0.3) is 0 Å². The van der Waals surface area contributed by atoms with E-state index in [-0.39, 0.29) is 11.0 Å². The van der Waals surface area contributed by atoms with Crippen LogP contribution in [0, 0.1) is 23.7 Å². The topological polar surface area (TPSA) is 85.8 Å². The molecule has 0 N–H and O–H groups in total. The van der Waals surface area contributed by atoms with Gasteiger partial charge in [-0.05, 0) is 68.3 Å². The Morgan fingerprint density at radius 1 is 1.21 bits per heavy atom. The molecule has 2 saturated carbocycles. The van der Waals surface area contributed by atoms with Crippen LogP contribution >= 0.6 is 0 Å². The standard InChI is InChI=1S/C21H30N2O5S/c1-29(25,26)18-4-5-20(22-13-18)27-11-8-17-12-19(17)16-6-9-23(10-7-16)21(24)28-14-15-2-3-15/h4-5,13,15-17,19H,2-3,6-12,14H2,1H3.